The second-order valence-corrected chi connectivity index (χ2v) is 5.41. The van der Waals surface area contributed by atoms with Gasteiger partial charge in [-0.1, -0.05) is 6.08 Å². The largest absolute Gasteiger partial charge is 0.492 e. The molecule has 0 fully saturated rings. The van der Waals surface area contributed by atoms with E-state index in [9.17, 15) is 4.79 Å². The quantitative estimate of drug-likeness (QED) is 0.719. The van der Waals surface area contributed by atoms with Crippen molar-refractivity contribution in [2.24, 2.45) is 0 Å². The number of carboxylic acids is 1. The van der Waals surface area contributed by atoms with E-state index in [1.54, 1.807) is 12.5 Å². The molecule has 1 aliphatic rings. The van der Waals surface area contributed by atoms with Crippen molar-refractivity contribution in [3.8, 4) is 5.75 Å². The Hall–Kier alpha value is -2.80. The van der Waals surface area contributed by atoms with E-state index in [0.717, 1.165) is 42.0 Å². The van der Waals surface area contributed by atoms with Gasteiger partial charge < -0.3 is 14.4 Å². The first-order chi connectivity index (χ1) is 11.7. The number of nitrogens with one attached hydrogen (secondary N) is 1. The molecule has 0 spiro atoms. The van der Waals surface area contributed by atoms with Gasteiger partial charge in [0.2, 0.25) is 0 Å². The maximum atomic E-state index is 10.5. The van der Waals surface area contributed by atoms with Gasteiger partial charge in [0.1, 0.15) is 12.4 Å². The van der Waals surface area contributed by atoms with Crippen LogP contribution in [0.1, 0.15) is 17.5 Å². The van der Waals surface area contributed by atoms with Crippen molar-refractivity contribution in [3.05, 3.63) is 54.1 Å². The molecule has 2 N–H and O–H groups in total. The summed E-state index contributed by atoms with van der Waals surface area (Å²) in [7, 11) is 0. The van der Waals surface area contributed by atoms with Crippen LogP contribution in [0.3, 0.4) is 0 Å². The Balaban J connectivity index is 1.59. The van der Waals surface area contributed by atoms with Gasteiger partial charge >= 0.3 is 5.97 Å². The number of aromatic nitrogens is 2. The number of fused-ring (bicyclic) bond motifs is 1. The van der Waals surface area contributed by atoms with Gasteiger partial charge in [0.15, 0.2) is 6.61 Å². The molecule has 0 atom stereocenters. The van der Waals surface area contributed by atoms with E-state index >= 15 is 0 Å². The van der Waals surface area contributed by atoms with E-state index in [1.165, 1.54) is 0 Å². The predicted molar refractivity (Wildman–Crippen MR) is 87.2 cm³/mol. The van der Waals surface area contributed by atoms with Crippen LogP contribution in [-0.2, 0) is 22.6 Å². The molecule has 1 heterocycles. The van der Waals surface area contributed by atoms with Gasteiger partial charge in [-0.2, -0.15) is 0 Å². The SMILES string of the molecule is O=C(O)CONC1=CCCc2cc(OCCn3ccnc3)ccc21. The summed E-state index contributed by atoms with van der Waals surface area (Å²) in [5, 5.41) is 8.62. The van der Waals surface area contributed by atoms with Gasteiger partial charge in [0.05, 0.1) is 18.6 Å². The van der Waals surface area contributed by atoms with E-state index in [1.807, 2.05) is 35.0 Å². The van der Waals surface area contributed by atoms with Crippen LogP contribution >= 0.6 is 0 Å². The second-order valence-electron chi connectivity index (χ2n) is 5.41. The first-order valence-electron chi connectivity index (χ1n) is 7.74. The van der Waals surface area contributed by atoms with Crippen LogP contribution in [-0.4, -0.2) is 33.8 Å². The third-order valence-electron chi connectivity index (χ3n) is 3.68. The van der Waals surface area contributed by atoms with Gasteiger partial charge in [-0.05, 0) is 36.6 Å². The van der Waals surface area contributed by atoms with Gasteiger partial charge in [0, 0.05) is 18.0 Å². The number of carboxylic acid groups (broad SMARTS) is 1. The minimum atomic E-state index is -1.01. The van der Waals surface area contributed by atoms with Crippen molar-refractivity contribution in [2.45, 2.75) is 19.4 Å². The molecule has 3 rings (SSSR count). The summed E-state index contributed by atoms with van der Waals surface area (Å²) in [4.78, 5) is 19.5. The van der Waals surface area contributed by atoms with Crippen molar-refractivity contribution in [2.75, 3.05) is 13.2 Å². The number of aryl methyl sites for hydroxylation is 1. The minimum absolute atomic E-state index is 0.387. The van der Waals surface area contributed by atoms with Crippen LogP contribution in [0.5, 0.6) is 5.75 Å². The summed E-state index contributed by atoms with van der Waals surface area (Å²) < 4.78 is 7.76. The minimum Gasteiger partial charge on any atom is -0.492 e. The molecule has 0 saturated carbocycles. The summed E-state index contributed by atoms with van der Waals surface area (Å²) in [6, 6.07) is 5.89. The lowest BCUT2D eigenvalue weighted by molar-refractivity contribution is -0.143. The number of carbonyl (C=O) groups is 1. The van der Waals surface area contributed by atoms with E-state index in [-0.39, 0.29) is 6.61 Å². The number of hydroxylamine groups is 1. The van der Waals surface area contributed by atoms with E-state index < -0.39 is 5.97 Å². The van der Waals surface area contributed by atoms with Crippen LogP contribution in [0, 0.1) is 0 Å². The van der Waals surface area contributed by atoms with E-state index in [2.05, 4.69) is 10.5 Å². The van der Waals surface area contributed by atoms with Crippen molar-refractivity contribution in [1.29, 1.82) is 0 Å². The average Bonchev–Trinajstić information content (AvgIpc) is 3.08. The second kappa shape index (κ2) is 7.65. The van der Waals surface area contributed by atoms with Gasteiger partial charge in [-0.25, -0.2) is 9.78 Å². The molecule has 0 radical (unpaired) electrons. The number of nitrogens with zero attached hydrogens (tertiary/aromatic N) is 2. The van der Waals surface area contributed by atoms with Gasteiger partial charge in [0.25, 0.3) is 0 Å². The predicted octanol–water partition coefficient (Wildman–Crippen LogP) is 1.85. The molecule has 0 amide bonds. The van der Waals surface area contributed by atoms with Crippen LogP contribution in [0.4, 0.5) is 0 Å². The molecule has 0 aliphatic heterocycles. The number of benzene rings is 1. The highest BCUT2D eigenvalue weighted by atomic mass is 16.7. The van der Waals surface area contributed by atoms with Crippen molar-refractivity contribution >= 4 is 11.7 Å². The lowest BCUT2D eigenvalue weighted by atomic mass is 9.95. The fourth-order valence-corrected chi connectivity index (χ4v) is 2.57. The Bertz CT molecular complexity index is 725. The number of aliphatic carboxylic acids is 1. The topological polar surface area (TPSA) is 85.6 Å². The number of ether oxygens (including phenoxy) is 1. The molecule has 7 nitrogen and oxygen atoms in total. The normalized spacial score (nSPS) is 13.1. The standard InChI is InChI=1S/C17H19N3O4/c21-17(22)11-24-19-16-3-1-2-13-10-14(4-5-15(13)16)23-9-8-20-7-6-18-12-20/h3-7,10,12,19H,1-2,8-9,11H2,(H,21,22). The van der Waals surface area contributed by atoms with Crippen molar-refractivity contribution < 1.29 is 19.5 Å². The molecule has 24 heavy (non-hydrogen) atoms. The van der Waals surface area contributed by atoms with Gasteiger partial charge in [-0.15, -0.1) is 0 Å². The molecule has 0 saturated heterocycles. The molecule has 0 unspecified atom stereocenters. The van der Waals surface area contributed by atoms with Crippen LogP contribution in [0.25, 0.3) is 5.70 Å². The van der Waals surface area contributed by atoms with E-state index in [0.29, 0.717) is 6.61 Å². The summed E-state index contributed by atoms with van der Waals surface area (Å²) >= 11 is 0. The van der Waals surface area contributed by atoms with Crippen molar-refractivity contribution in [1.82, 2.24) is 15.0 Å². The monoisotopic (exact) mass is 329 g/mol. The molecular weight excluding hydrogens is 310 g/mol. The summed E-state index contributed by atoms with van der Waals surface area (Å²) in [6.45, 7) is 0.923. The zero-order chi connectivity index (χ0) is 16.8. The number of hydrogen-bond donors (Lipinski definition) is 2. The fraction of sp³-hybridized carbons (Fsp3) is 0.294. The zero-order valence-corrected chi connectivity index (χ0v) is 13.1. The van der Waals surface area contributed by atoms with Gasteiger partial charge in [-0.3, -0.25) is 10.3 Å². The van der Waals surface area contributed by atoms with Crippen molar-refractivity contribution in [3.63, 3.8) is 0 Å². The third-order valence-corrected chi connectivity index (χ3v) is 3.68. The summed E-state index contributed by atoms with van der Waals surface area (Å²) in [6.07, 6.45) is 9.19. The first-order valence-corrected chi connectivity index (χ1v) is 7.74. The lowest BCUT2D eigenvalue weighted by Gasteiger charge is -2.19. The van der Waals surface area contributed by atoms with E-state index in [4.69, 9.17) is 14.7 Å². The smallest absolute Gasteiger partial charge is 0.332 e. The van der Waals surface area contributed by atoms with Crippen LogP contribution < -0.4 is 10.2 Å². The molecule has 126 valence electrons. The average molecular weight is 329 g/mol. The molecule has 7 heteroatoms. The Kier molecular flexibility index (Phi) is 5.12. The highest BCUT2D eigenvalue weighted by Gasteiger charge is 2.14. The number of allylic oxidation sites excluding steroid dienone is 1. The number of rotatable bonds is 8. The Morgan fingerprint density at radius 1 is 1.42 bits per heavy atom. The molecule has 1 aliphatic carbocycles. The first kappa shape index (κ1) is 16.1. The highest BCUT2D eigenvalue weighted by Crippen LogP contribution is 2.28. The number of imidazole rings is 1. The highest BCUT2D eigenvalue weighted by molar-refractivity contribution is 5.70. The fourth-order valence-electron chi connectivity index (χ4n) is 2.57. The molecule has 2 aromatic rings. The molecular formula is C17H19N3O4. The molecule has 1 aromatic carbocycles. The molecule has 0 bridgehead atoms. The maximum Gasteiger partial charge on any atom is 0.332 e. The lowest BCUT2D eigenvalue weighted by Crippen LogP contribution is -2.20. The Labute approximate surface area is 139 Å². The summed E-state index contributed by atoms with van der Waals surface area (Å²) in [5.74, 6) is -0.192. The maximum absolute atomic E-state index is 10.5. The Morgan fingerprint density at radius 3 is 3.12 bits per heavy atom. The van der Waals surface area contributed by atoms with Crippen LogP contribution in [0.15, 0.2) is 43.0 Å². The molecule has 1 aromatic heterocycles. The Morgan fingerprint density at radius 2 is 2.33 bits per heavy atom. The number of hydrogen-bond acceptors (Lipinski definition) is 5. The van der Waals surface area contributed by atoms with Crippen LogP contribution in [0.2, 0.25) is 0 Å². The summed E-state index contributed by atoms with van der Waals surface area (Å²) in [5.41, 5.74) is 5.67. The third kappa shape index (κ3) is 4.14. The zero-order valence-electron chi connectivity index (χ0n) is 13.1.